The number of nitrogens with zero attached hydrogens (tertiary/aromatic N) is 3. The van der Waals surface area contributed by atoms with Crippen LogP contribution >= 0.6 is 11.8 Å². The summed E-state index contributed by atoms with van der Waals surface area (Å²) in [7, 11) is 0. The van der Waals surface area contributed by atoms with Gasteiger partial charge >= 0.3 is 0 Å². The van der Waals surface area contributed by atoms with E-state index in [1.54, 1.807) is 15.5 Å². The van der Waals surface area contributed by atoms with Crippen LogP contribution in [-0.2, 0) is 11.3 Å². The highest BCUT2D eigenvalue weighted by Crippen LogP contribution is 2.25. The van der Waals surface area contributed by atoms with Gasteiger partial charge in [-0.1, -0.05) is 42.1 Å². The van der Waals surface area contributed by atoms with E-state index in [1.807, 2.05) is 69.3 Å². The highest BCUT2D eigenvalue weighted by Gasteiger charge is 2.24. The molecular formula is C21H23N3O2S. The Morgan fingerprint density at radius 1 is 1.11 bits per heavy atom. The molecule has 6 heteroatoms. The molecule has 0 N–H and O–H groups in total. The van der Waals surface area contributed by atoms with Crippen molar-refractivity contribution in [1.82, 2.24) is 9.55 Å². The number of benzene rings is 2. The van der Waals surface area contributed by atoms with E-state index in [2.05, 4.69) is 4.98 Å². The first kappa shape index (κ1) is 19.2. The lowest BCUT2D eigenvalue weighted by molar-refractivity contribution is -0.117. The largest absolute Gasteiger partial charge is 0.312 e. The second kappa shape index (κ2) is 8.39. The van der Waals surface area contributed by atoms with Crippen molar-refractivity contribution in [3.8, 4) is 0 Å². The van der Waals surface area contributed by atoms with E-state index in [1.165, 1.54) is 11.8 Å². The third kappa shape index (κ3) is 3.90. The Hall–Kier alpha value is -2.60. The van der Waals surface area contributed by atoms with Gasteiger partial charge in [-0.3, -0.25) is 14.2 Å². The van der Waals surface area contributed by atoms with Gasteiger partial charge < -0.3 is 4.90 Å². The van der Waals surface area contributed by atoms with E-state index in [-0.39, 0.29) is 16.7 Å². The predicted molar refractivity (Wildman–Crippen MR) is 111 cm³/mol. The standard InChI is InChI=1S/C21H23N3O2S/c1-4-23(16-11-7-6-8-12-16)19(25)15(3)27-21-22-18-14-10-9-13-17(18)20(26)24(21)5-2/h6-15H,4-5H2,1-3H3/t15-/m1/s1. The maximum Gasteiger partial charge on any atom is 0.262 e. The molecule has 0 aliphatic rings. The van der Waals surface area contributed by atoms with Crippen molar-refractivity contribution >= 4 is 34.3 Å². The molecule has 1 amide bonds. The normalized spacial score (nSPS) is 12.1. The molecule has 0 saturated heterocycles. The fourth-order valence-corrected chi connectivity index (χ4v) is 4.05. The molecule has 0 bridgehead atoms. The maximum atomic E-state index is 13.0. The number of anilines is 1. The minimum Gasteiger partial charge on any atom is -0.312 e. The van der Waals surface area contributed by atoms with E-state index < -0.39 is 0 Å². The molecule has 140 valence electrons. The van der Waals surface area contributed by atoms with Crippen molar-refractivity contribution < 1.29 is 4.79 Å². The highest BCUT2D eigenvalue weighted by atomic mass is 32.2. The Morgan fingerprint density at radius 2 is 1.78 bits per heavy atom. The van der Waals surface area contributed by atoms with Crippen molar-refractivity contribution in [2.24, 2.45) is 0 Å². The number of rotatable bonds is 6. The second-order valence-corrected chi connectivity index (χ2v) is 7.45. The van der Waals surface area contributed by atoms with Gasteiger partial charge in [-0.25, -0.2) is 4.98 Å². The van der Waals surface area contributed by atoms with Crippen LogP contribution in [0.15, 0.2) is 64.5 Å². The number of carbonyl (C=O) groups excluding carboxylic acids is 1. The van der Waals surface area contributed by atoms with Gasteiger partial charge in [0.25, 0.3) is 5.56 Å². The topological polar surface area (TPSA) is 55.2 Å². The SMILES string of the molecule is CCN(C(=O)[C@@H](C)Sc1nc2ccccc2c(=O)n1CC)c1ccccc1. The van der Waals surface area contributed by atoms with Gasteiger partial charge in [0.2, 0.25) is 5.91 Å². The lowest BCUT2D eigenvalue weighted by Crippen LogP contribution is -2.37. The van der Waals surface area contributed by atoms with Crippen molar-refractivity contribution in [3.63, 3.8) is 0 Å². The highest BCUT2D eigenvalue weighted by molar-refractivity contribution is 8.00. The van der Waals surface area contributed by atoms with E-state index >= 15 is 0 Å². The number of fused-ring (bicyclic) bond motifs is 1. The molecule has 5 nitrogen and oxygen atoms in total. The summed E-state index contributed by atoms with van der Waals surface area (Å²) < 4.78 is 1.63. The van der Waals surface area contributed by atoms with Crippen molar-refractivity contribution in [2.45, 2.75) is 37.7 Å². The molecule has 0 saturated carbocycles. The zero-order valence-electron chi connectivity index (χ0n) is 15.8. The molecule has 0 unspecified atom stereocenters. The summed E-state index contributed by atoms with van der Waals surface area (Å²) in [5.74, 6) is -0.00115. The Morgan fingerprint density at radius 3 is 2.44 bits per heavy atom. The Balaban J connectivity index is 1.92. The van der Waals surface area contributed by atoms with Crippen LogP contribution in [0.3, 0.4) is 0 Å². The van der Waals surface area contributed by atoms with Crippen LogP contribution in [0.25, 0.3) is 10.9 Å². The number of amides is 1. The molecule has 0 fully saturated rings. The van der Waals surface area contributed by atoms with Crippen LogP contribution in [-0.4, -0.2) is 27.3 Å². The van der Waals surface area contributed by atoms with Gasteiger partial charge in [0.05, 0.1) is 16.2 Å². The zero-order chi connectivity index (χ0) is 19.4. The summed E-state index contributed by atoms with van der Waals surface area (Å²) >= 11 is 1.33. The van der Waals surface area contributed by atoms with Crippen LogP contribution < -0.4 is 10.5 Å². The Bertz CT molecular complexity index is 1000. The molecule has 3 aromatic rings. The molecule has 3 rings (SSSR count). The maximum absolute atomic E-state index is 13.0. The lowest BCUT2D eigenvalue weighted by Gasteiger charge is -2.24. The summed E-state index contributed by atoms with van der Waals surface area (Å²) in [4.78, 5) is 32.2. The lowest BCUT2D eigenvalue weighted by atomic mass is 10.2. The number of thioether (sulfide) groups is 1. The Kier molecular flexibility index (Phi) is 5.96. The van der Waals surface area contributed by atoms with Gasteiger partial charge in [0.1, 0.15) is 0 Å². The molecule has 0 radical (unpaired) electrons. The van der Waals surface area contributed by atoms with Crippen LogP contribution in [0.4, 0.5) is 5.69 Å². The van der Waals surface area contributed by atoms with E-state index in [4.69, 9.17) is 0 Å². The summed E-state index contributed by atoms with van der Waals surface area (Å²) in [6.45, 7) is 6.82. The smallest absolute Gasteiger partial charge is 0.262 e. The minimum absolute atomic E-state index is 0.00115. The van der Waals surface area contributed by atoms with E-state index in [9.17, 15) is 9.59 Å². The number of carbonyl (C=O) groups is 1. The number of hydrogen-bond acceptors (Lipinski definition) is 4. The molecule has 0 spiro atoms. The Labute approximate surface area is 163 Å². The van der Waals surface area contributed by atoms with Crippen LogP contribution in [0.1, 0.15) is 20.8 Å². The molecule has 0 aliphatic heterocycles. The molecule has 1 heterocycles. The average Bonchev–Trinajstić information content (AvgIpc) is 2.69. The fourth-order valence-electron chi connectivity index (χ4n) is 3.02. The first-order chi connectivity index (χ1) is 13.1. The van der Waals surface area contributed by atoms with Gasteiger partial charge in [-0.15, -0.1) is 0 Å². The molecule has 1 aromatic heterocycles. The van der Waals surface area contributed by atoms with E-state index in [0.717, 1.165) is 5.69 Å². The fraction of sp³-hybridized carbons (Fsp3) is 0.286. The summed E-state index contributed by atoms with van der Waals surface area (Å²) in [6.07, 6.45) is 0. The summed E-state index contributed by atoms with van der Waals surface area (Å²) in [5.41, 5.74) is 1.46. The van der Waals surface area contributed by atoms with Gasteiger partial charge in [0.15, 0.2) is 5.16 Å². The zero-order valence-corrected chi connectivity index (χ0v) is 16.6. The quantitative estimate of drug-likeness (QED) is 0.479. The predicted octanol–water partition coefficient (Wildman–Crippen LogP) is 3.95. The van der Waals surface area contributed by atoms with Crippen molar-refractivity contribution in [1.29, 1.82) is 0 Å². The molecule has 27 heavy (non-hydrogen) atoms. The summed E-state index contributed by atoms with van der Waals surface area (Å²) in [5, 5.41) is 0.810. The van der Waals surface area contributed by atoms with E-state index in [0.29, 0.717) is 29.1 Å². The first-order valence-corrected chi connectivity index (χ1v) is 9.97. The number of hydrogen-bond donors (Lipinski definition) is 0. The molecule has 1 atom stereocenters. The first-order valence-electron chi connectivity index (χ1n) is 9.09. The third-order valence-electron chi connectivity index (χ3n) is 4.42. The van der Waals surface area contributed by atoms with Gasteiger partial charge in [-0.05, 0) is 45.0 Å². The van der Waals surface area contributed by atoms with Gasteiger partial charge in [0, 0.05) is 18.8 Å². The van der Waals surface area contributed by atoms with Crippen LogP contribution in [0, 0.1) is 0 Å². The van der Waals surface area contributed by atoms with Crippen molar-refractivity contribution in [2.75, 3.05) is 11.4 Å². The molecular weight excluding hydrogens is 358 g/mol. The van der Waals surface area contributed by atoms with Crippen molar-refractivity contribution in [3.05, 3.63) is 65.0 Å². The molecule has 0 aliphatic carbocycles. The van der Waals surface area contributed by atoms with Crippen LogP contribution in [0.2, 0.25) is 0 Å². The third-order valence-corrected chi connectivity index (χ3v) is 5.50. The number of aromatic nitrogens is 2. The number of para-hydroxylation sites is 2. The van der Waals surface area contributed by atoms with Crippen LogP contribution in [0.5, 0.6) is 0 Å². The van der Waals surface area contributed by atoms with Gasteiger partial charge in [-0.2, -0.15) is 0 Å². The molecule has 2 aromatic carbocycles. The monoisotopic (exact) mass is 381 g/mol. The second-order valence-electron chi connectivity index (χ2n) is 6.14. The average molecular weight is 382 g/mol. The minimum atomic E-state index is -0.365. The summed E-state index contributed by atoms with van der Waals surface area (Å²) in [6, 6.07) is 16.9.